The molecule has 0 aliphatic heterocycles. The Morgan fingerprint density at radius 2 is 1.63 bits per heavy atom. The average Bonchev–Trinajstić information content (AvgIpc) is 2.38. The molecule has 0 N–H and O–H groups in total. The molecule has 1 atom stereocenters. The predicted octanol–water partition coefficient (Wildman–Crippen LogP) is 4.06. The third-order valence-corrected chi connectivity index (χ3v) is 4.13. The van der Waals surface area contributed by atoms with E-state index in [1.165, 1.54) is 5.56 Å². The molecule has 0 saturated carbocycles. The monoisotopic (exact) mass is 286 g/mol. The van der Waals surface area contributed by atoms with Crippen LogP contribution in [0.5, 0.6) is 0 Å². The molecular weight excluding hydrogens is 263 g/mol. The van der Waals surface area contributed by atoms with Gasteiger partial charge in [-0.05, 0) is 31.7 Å². The standard InChI is InChI=1S/C14H23O4P/c1-4-16-19(15,17-5-2)18-12-13(3)11-14-9-7-6-8-10-14/h6-10,13H,4-5,11-12H2,1-3H3. The molecule has 0 amide bonds. The van der Waals surface area contributed by atoms with Gasteiger partial charge in [0.2, 0.25) is 0 Å². The summed E-state index contributed by atoms with van der Waals surface area (Å²) in [6.45, 7) is 6.56. The van der Waals surface area contributed by atoms with Gasteiger partial charge < -0.3 is 0 Å². The van der Waals surface area contributed by atoms with Gasteiger partial charge in [0.15, 0.2) is 0 Å². The number of phosphoric ester groups is 1. The van der Waals surface area contributed by atoms with Crippen LogP contribution in [0.1, 0.15) is 26.3 Å². The molecule has 0 radical (unpaired) electrons. The van der Waals surface area contributed by atoms with Crippen LogP contribution in [0, 0.1) is 5.92 Å². The first-order chi connectivity index (χ1) is 9.09. The van der Waals surface area contributed by atoms with Crippen molar-refractivity contribution >= 4 is 7.82 Å². The number of hydrogen-bond donors (Lipinski definition) is 0. The van der Waals surface area contributed by atoms with Crippen molar-refractivity contribution in [3.8, 4) is 0 Å². The van der Waals surface area contributed by atoms with Crippen molar-refractivity contribution in [2.45, 2.75) is 27.2 Å². The zero-order valence-electron chi connectivity index (χ0n) is 11.9. The minimum atomic E-state index is -3.38. The minimum absolute atomic E-state index is 0.247. The van der Waals surface area contributed by atoms with Crippen LogP contribution >= 0.6 is 7.82 Å². The Balaban J connectivity index is 2.43. The van der Waals surface area contributed by atoms with Gasteiger partial charge >= 0.3 is 7.82 Å². The molecule has 1 aromatic carbocycles. The van der Waals surface area contributed by atoms with E-state index in [9.17, 15) is 4.57 Å². The summed E-state index contributed by atoms with van der Waals surface area (Å²) in [5.41, 5.74) is 1.24. The number of hydrogen-bond acceptors (Lipinski definition) is 4. The lowest BCUT2D eigenvalue weighted by molar-refractivity contribution is 0.109. The SMILES string of the molecule is CCOP(=O)(OCC)OCC(C)Cc1ccccc1. The summed E-state index contributed by atoms with van der Waals surface area (Å²) in [7, 11) is -3.38. The molecule has 1 aromatic rings. The molecule has 0 bridgehead atoms. The summed E-state index contributed by atoms with van der Waals surface area (Å²) in [6.07, 6.45) is 0.874. The van der Waals surface area contributed by atoms with Crippen molar-refractivity contribution in [3.05, 3.63) is 35.9 Å². The number of benzene rings is 1. The van der Waals surface area contributed by atoms with Crippen molar-refractivity contribution in [1.82, 2.24) is 0 Å². The van der Waals surface area contributed by atoms with Crippen LogP contribution in [-0.2, 0) is 24.6 Å². The molecule has 0 saturated heterocycles. The molecule has 1 unspecified atom stereocenters. The van der Waals surface area contributed by atoms with E-state index in [4.69, 9.17) is 13.6 Å². The second-order valence-electron chi connectivity index (χ2n) is 4.37. The summed E-state index contributed by atoms with van der Waals surface area (Å²) >= 11 is 0. The maximum absolute atomic E-state index is 12.1. The highest BCUT2D eigenvalue weighted by atomic mass is 31.2. The van der Waals surface area contributed by atoms with Gasteiger partial charge in [-0.3, -0.25) is 13.6 Å². The molecule has 0 aliphatic carbocycles. The lowest BCUT2D eigenvalue weighted by Gasteiger charge is -2.19. The Morgan fingerprint density at radius 1 is 1.05 bits per heavy atom. The lowest BCUT2D eigenvalue weighted by atomic mass is 10.0. The lowest BCUT2D eigenvalue weighted by Crippen LogP contribution is -2.10. The Morgan fingerprint density at radius 3 is 2.16 bits per heavy atom. The van der Waals surface area contributed by atoms with E-state index in [0.29, 0.717) is 19.8 Å². The van der Waals surface area contributed by atoms with Crippen LogP contribution in [-0.4, -0.2) is 19.8 Å². The molecule has 0 aromatic heterocycles. The van der Waals surface area contributed by atoms with Gasteiger partial charge in [-0.25, -0.2) is 4.57 Å². The highest BCUT2D eigenvalue weighted by Gasteiger charge is 2.26. The Hall–Kier alpha value is -0.670. The van der Waals surface area contributed by atoms with E-state index in [0.717, 1.165) is 6.42 Å². The van der Waals surface area contributed by atoms with Crippen molar-refractivity contribution in [2.75, 3.05) is 19.8 Å². The predicted molar refractivity (Wildman–Crippen MR) is 76.1 cm³/mol. The van der Waals surface area contributed by atoms with E-state index >= 15 is 0 Å². The fourth-order valence-electron chi connectivity index (χ4n) is 1.72. The van der Waals surface area contributed by atoms with E-state index in [-0.39, 0.29) is 5.92 Å². The second kappa shape index (κ2) is 8.49. The van der Waals surface area contributed by atoms with Crippen LogP contribution in [0.3, 0.4) is 0 Å². The first-order valence-corrected chi connectivity index (χ1v) is 8.13. The maximum Gasteiger partial charge on any atom is 0.474 e. The van der Waals surface area contributed by atoms with Gasteiger partial charge in [-0.2, -0.15) is 0 Å². The summed E-state index contributed by atoms with van der Waals surface area (Å²) in [5.74, 6) is 0.247. The summed E-state index contributed by atoms with van der Waals surface area (Å²) in [5, 5.41) is 0. The zero-order chi connectivity index (χ0) is 14.1. The molecule has 5 heteroatoms. The number of rotatable bonds is 9. The molecular formula is C14H23O4P. The highest BCUT2D eigenvalue weighted by molar-refractivity contribution is 7.48. The second-order valence-corrected chi connectivity index (χ2v) is 6.04. The smallest absolute Gasteiger partial charge is 0.287 e. The van der Waals surface area contributed by atoms with Crippen LogP contribution in [0.25, 0.3) is 0 Å². The molecule has 1 rings (SSSR count). The van der Waals surface area contributed by atoms with E-state index < -0.39 is 7.82 Å². The van der Waals surface area contributed by atoms with E-state index in [1.54, 1.807) is 13.8 Å². The van der Waals surface area contributed by atoms with Crippen LogP contribution in [0.4, 0.5) is 0 Å². The highest BCUT2D eigenvalue weighted by Crippen LogP contribution is 2.49. The summed E-state index contributed by atoms with van der Waals surface area (Å²) in [4.78, 5) is 0. The van der Waals surface area contributed by atoms with E-state index in [1.807, 2.05) is 18.2 Å². The Labute approximate surface area is 115 Å². The third-order valence-electron chi connectivity index (χ3n) is 2.52. The van der Waals surface area contributed by atoms with Gasteiger partial charge in [-0.1, -0.05) is 37.3 Å². The molecule has 0 fully saturated rings. The average molecular weight is 286 g/mol. The summed E-state index contributed by atoms with van der Waals surface area (Å²) in [6, 6.07) is 10.1. The van der Waals surface area contributed by atoms with Crippen molar-refractivity contribution in [1.29, 1.82) is 0 Å². The fourth-order valence-corrected chi connectivity index (χ4v) is 3.02. The largest absolute Gasteiger partial charge is 0.474 e. The van der Waals surface area contributed by atoms with Crippen LogP contribution in [0.15, 0.2) is 30.3 Å². The van der Waals surface area contributed by atoms with Crippen LogP contribution in [0.2, 0.25) is 0 Å². The van der Waals surface area contributed by atoms with Gasteiger partial charge in [0.25, 0.3) is 0 Å². The quantitative estimate of drug-likeness (QED) is 0.642. The minimum Gasteiger partial charge on any atom is -0.287 e. The van der Waals surface area contributed by atoms with Gasteiger partial charge in [0, 0.05) is 0 Å². The van der Waals surface area contributed by atoms with Gasteiger partial charge in [-0.15, -0.1) is 0 Å². The topological polar surface area (TPSA) is 44.8 Å². The van der Waals surface area contributed by atoms with Crippen molar-refractivity contribution in [2.24, 2.45) is 5.92 Å². The Kier molecular flexibility index (Phi) is 7.32. The maximum atomic E-state index is 12.1. The van der Waals surface area contributed by atoms with Gasteiger partial charge in [0.05, 0.1) is 19.8 Å². The molecule has 0 aliphatic rings. The molecule has 108 valence electrons. The molecule has 19 heavy (non-hydrogen) atoms. The number of phosphoric acid groups is 1. The van der Waals surface area contributed by atoms with E-state index in [2.05, 4.69) is 19.1 Å². The summed E-state index contributed by atoms with van der Waals surface area (Å²) < 4.78 is 27.6. The third kappa shape index (κ3) is 6.35. The van der Waals surface area contributed by atoms with Crippen molar-refractivity contribution < 1.29 is 18.1 Å². The van der Waals surface area contributed by atoms with Crippen LogP contribution < -0.4 is 0 Å². The normalized spacial score (nSPS) is 13.4. The molecule has 4 nitrogen and oxygen atoms in total. The Bertz CT molecular complexity index is 384. The fraction of sp³-hybridized carbons (Fsp3) is 0.571. The first-order valence-electron chi connectivity index (χ1n) is 6.67. The molecule has 0 heterocycles. The zero-order valence-corrected chi connectivity index (χ0v) is 12.8. The van der Waals surface area contributed by atoms with Crippen molar-refractivity contribution in [3.63, 3.8) is 0 Å². The first kappa shape index (κ1) is 16.4. The van der Waals surface area contributed by atoms with Gasteiger partial charge in [0.1, 0.15) is 0 Å². The molecule has 0 spiro atoms.